The van der Waals surface area contributed by atoms with Gasteiger partial charge in [-0.2, -0.15) is 0 Å². The summed E-state index contributed by atoms with van der Waals surface area (Å²) in [7, 11) is 0. The minimum atomic E-state index is 0.245. The van der Waals surface area contributed by atoms with Crippen LogP contribution >= 0.6 is 0 Å². The Morgan fingerprint density at radius 3 is 2.68 bits per heavy atom. The average Bonchev–Trinajstić information content (AvgIpc) is 3.03. The largest absolute Gasteiger partial charge is 0.409 e. The van der Waals surface area contributed by atoms with Gasteiger partial charge in [0.15, 0.2) is 0 Å². The fraction of sp³-hybridized carbons (Fsp3) is 0.950. The van der Waals surface area contributed by atoms with Crippen LogP contribution in [-0.4, -0.2) is 47.8 Å². The third-order valence-electron chi connectivity index (χ3n) is 6.97. The Morgan fingerprint density at radius 1 is 1.24 bits per heavy atom. The molecule has 0 aromatic rings. The highest BCUT2D eigenvalue weighted by molar-refractivity contribution is 5.82. The standard InChI is InChI=1S/C20H37N3O2/c1-3-14(2)10-15-4-5-19-17(11-15)12-18(25-19)13-23-8-6-16(7-9-23)20(21)22-24/h14-19,24H,3-13H2,1-2H3,(H2,21,22). The monoisotopic (exact) mass is 351 g/mol. The Kier molecular flexibility index (Phi) is 6.61. The highest BCUT2D eigenvalue weighted by Crippen LogP contribution is 2.42. The Bertz CT molecular complexity index is 448. The molecule has 2 saturated heterocycles. The van der Waals surface area contributed by atoms with Gasteiger partial charge in [0.1, 0.15) is 5.84 Å². The molecule has 3 rings (SSSR count). The number of amidine groups is 1. The first kappa shape index (κ1) is 19.0. The molecule has 25 heavy (non-hydrogen) atoms. The van der Waals surface area contributed by atoms with E-state index in [4.69, 9.17) is 15.7 Å². The lowest BCUT2D eigenvalue weighted by atomic mass is 9.75. The molecule has 5 atom stereocenters. The number of nitrogens with two attached hydrogens (primary N) is 1. The minimum Gasteiger partial charge on any atom is -0.409 e. The second kappa shape index (κ2) is 8.72. The van der Waals surface area contributed by atoms with Gasteiger partial charge in [-0.15, -0.1) is 0 Å². The lowest BCUT2D eigenvalue weighted by Gasteiger charge is -2.33. The molecule has 0 aromatic carbocycles. The molecule has 3 N–H and O–H groups in total. The van der Waals surface area contributed by atoms with Crippen molar-refractivity contribution in [2.24, 2.45) is 34.6 Å². The molecule has 5 nitrogen and oxygen atoms in total. The van der Waals surface area contributed by atoms with Crippen molar-refractivity contribution in [2.45, 2.75) is 77.4 Å². The Balaban J connectivity index is 1.42. The quantitative estimate of drug-likeness (QED) is 0.333. The second-order valence-electron chi connectivity index (χ2n) is 8.82. The van der Waals surface area contributed by atoms with Crippen molar-refractivity contribution in [3.05, 3.63) is 0 Å². The van der Waals surface area contributed by atoms with Gasteiger partial charge in [0.25, 0.3) is 0 Å². The number of ether oxygens (including phenoxy) is 1. The summed E-state index contributed by atoms with van der Waals surface area (Å²) in [4.78, 5) is 2.51. The van der Waals surface area contributed by atoms with E-state index in [-0.39, 0.29) is 5.92 Å². The molecule has 0 amide bonds. The van der Waals surface area contributed by atoms with Crippen LogP contribution in [0.15, 0.2) is 5.16 Å². The van der Waals surface area contributed by atoms with Gasteiger partial charge in [0.05, 0.1) is 12.2 Å². The summed E-state index contributed by atoms with van der Waals surface area (Å²) in [6.07, 6.45) is 10.9. The van der Waals surface area contributed by atoms with Crippen LogP contribution in [0, 0.1) is 23.7 Å². The number of nitrogens with zero attached hydrogens (tertiary/aromatic N) is 2. The number of hydrogen-bond acceptors (Lipinski definition) is 4. The highest BCUT2D eigenvalue weighted by Gasteiger charge is 2.40. The molecule has 0 radical (unpaired) electrons. The predicted octanol–water partition coefficient (Wildman–Crippen LogP) is 3.45. The summed E-state index contributed by atoms with van der Waals surface area (Å²) in [5, 5.41) is 12.0. The molecule has 2 aliphatic heterocycles. The summed E-state index contributed by atoms with van der Waals surface area (Å²) < 4.78 is 6.41. The summed E-state index contributed by atoms with van der Waals surface area (Å²) >= 11 is 0. The van der Waals surface area contributed by atoms with Crippen molar-refractivity contribution in [3.63, 3.8) is 0 Å². The normalized spacial score (nSPS) is 36.3. The molecule has 5 unspecified atom stereocenters. The number of fused-ring (bicyclic) bond motifs is 1. The van der Waals surface area contributed by atoms with Crippen LogP contribution in [0.2, 0.25) is 0 Å². The molecule has 144 valence electrons. The summed E-state index contributed by atoms with van der Waals surface area (Å²) in [5.41, 5.74) is 5.75. The maximum absolute atomic E-state index is 8.82. The van der Waals surface area contributed by atoms with Crippen LogP contribution in [0.1, 0.15) is 65.2 Å². The fourth-order valence-electron chi connectivity index (χ4n) is 5.25. The Morgan fingerprint density at radius 2 is 2.00 bits per heavy atom. The van der Waals surface area contributed by atoms with Gasteiger partial charge in [-0.1, -0.05) is 25.4 Å². The first-order valence-corrected chi connectivity index (χ1v) is 10.4. The van der Waals surface area contributed by atoms with E-state index < -0.39 is 0 Å². The van der Waals surface area contributed by atoms with Gasteiger partial charge >= 0.3 is 0 Å². The van der Waals surface area contributed by atoms with Gasteiger partial charge in [0, 0.05) is 12.5 Å². The van der Waals surface area contributed by atoms with Crippen molar-refractivity contribution in [3.8, 4) is 0 Å². The first-order chi connectivity index (χ1) is 12.1. The number of oxime groups is 1. The third kappa shape index (κ3) is 4.88. The van der Waals surface area contributed by atoms with Gasteiger partial charge < -0.3 is 20.6 Å². The van der Waals surface area contributed by atoms with Crippen LogP contribution in [-0.2, 0) is 4.74 Å². The number of rotatable bonds is 6. The predicted molar refractivity (Wildman–Crippen MR) is 101 cm³/mol. The molecule has 1 aliphatic carbocycles. The minimum absolute atomic E-state index is 0.245. The number of hydrogen-bond donors (Lipinski definition) is 2. The molecule has 2 heterocycles. The first-order valence-electron chi connectivity index (χ1n) is 10.4. The molecule has 3 fully saturated rings. The van der Waals surface area contributed by atoms with E-state index in [0.29, 0.717) is 18.0 Å². The molecule has 0 aromatic heterocycles. The maximum Gasteiger partial charge on any atom is 0.142 e. The van der Waals surface area contributed by atoms with E-state index in [0.717, 1.165) is 50.2 Å². The summed E-state index contributed by atoms with van der Waals surface area (Å²) in [6, 6.07) is 0. The van der Waals surface area contributed by atoms with Gasteiger partial charge in [0.2, 0.25) is 0 Å². The van der Waals surface area contributed by atoms with Crippen molar-refractivity contribution in [1.82, 2.24) is 4.90 Å². The smallest absolute Gasteiger partial charge is 0.142 e. The third-order valence-corrected chi connectivity index (χ3v) is 6.97. The Labute approximate surface area is 153 Å². The van der Waals surface area contributed by atoms with E-state index in [2.05, 4.69) is 23.9 Å². The van der Waals surface area contributed by atoms with E-state index in [1.54, 1.807) is 0 Å². The van der Waals surface area contributed by atoms with Crippen LogP contribution in [0.5, 0.6) is 0 Å². The zero-order chi connectivity index (χ0) is 17.8. The maximum atomic E-state index is 8.82. The molecular weight excluding hydrogens is 314 g/mol. The van der Waals surface area contributed by atoms with E-state index in [1.165, 1.54) is 38.5 Å². The zero-order valence-corrected chi connectivity index (χ0v) is 16.1. The van der Waals surface area contributed by atoms with Gasteiger partial charge in [-0.3, -0.25) is 0 Å². The van der Waals surface area contributed by atoms with E-state index in [9.17, 15) is 0 Å². The fourth-order valence-corrected chi connectivity index (χ4v) is 5.25. The van der Waals surface area contributed by atoms with Crippen LogP contribution in [0.3, 0.4) is 0 Å². The SMILES string of the molecule is CCC(C)CC1CCC2OC(CN3CCC(/C(N)=N/O)CC3)CC2C1. The van der Waals surface area contributed by atoms with Crippen LogP contribution < -0.4 is 5.73 Å². The zero-order valence-electron chi connectivity index (χ0n) is 16.1. The molecule has 0 bridgehead atoms. The topological polar surface area (TPSA) is 71.1 Å². The lowest BCUT2D eigenvalue weighted by molar-refractivity contribution is -0.00771. The molecular formula is C20H37N3O2. The summed E-state index contributed by atoms with van der Waals surface area (Å²) in [6.45, 7) is 7.84. The second-order valence-corrected chi connectivity index (χ2v) is 8.82. The van der Waals surface area contributed by atoms with Crippen LogP contribution in [0.25, 0.3) is 0 Å². The molecule has 0 spiro atoms. The van der Waals surface area contributed by atoms with Crippen molar-refractivity contribution < 1.29 is 9.94 Å². The number of likely N-dealkylation sites (tertiary alicyclic amines) is 1. The Hall–Kier alpha value is -0.810. The number of piperidine rings is 1. The lowest BCUT2D eigenvalue weighted by Crippen LogP contribution is -2.42. The highest BCUT2D eigenvalue weighted by atomic mass is 16.5. The van der Waals surface area contributed by atoms with E-state index in [1.807, 2.05) is 0 Å². The molecule has 1 saturated carbocycles. The van der Waals surface area contributed by atoms with Crippen LogP contribution in [0.4, 0.5) is 0 Å². The summed E-state index contributed by atoms with van der Waals surface area (Å²) in [5.74, 6) is 3.23. The van der Waals surface area contributed by atoms with E-state index >= 15 is 0 Å². The van der Waals surface area contributed by atoms with Crippen molar-refractivity contribution in [2.75, 3.05) is 19.6 Å². The average molecular weight is 352 g/mol. The van der Waals surface area contributed by atoms with Crippen molar-refractivity contribution in [1.29, 1.82) is 0 Å². The molecule has 5 heteroatoms. The van der Waals surface area contributed by atoms with Gasteiger partial charge in [-0.25, -0.2) is 0 Å². The van der Waals surface area contributed by atoms with Crippen molar-refractivity contribution >= 4 is 5.84 Å². The molecule has 3 aliphatic rings. The van der Waals surface area contributed by atoms with Gasteiger partial charge in [-0.05, 0) is 75.8 Å².